The fraction of sp³-hybridized carbons (Fsp3) is 0.421. The zero-order valence-corrected chi connectivity index (χ0v) is 14.0. The van der Waals surface area contributed by atoms with Crippen LogP contribution in [0.5, 0.6) is 0 Å². The van der Waals surface area contributed by atoms with Crippen molar-refractivity contribution in [2.75, 3.05) is 13.1 Å². The molecule has 2 aromatic rings. The molecule has 1 amide bonds. The van der Waals surface area contributed by atoms with Crippen LogP contribution in [0.4, 0.5) is 0 Å². The molecular formula is C19H23N3O2. The Bertz CT molecular complexity index is 769. The number of carbonyl (C=O) groups is 1. The number of nitrogens with zero attached hydrogens (tertiary/aromatic N) is 2. The number of amides is 1. The molecule has 5 heteroatoms. The molecule has 24 heavy (non-hydrogen) atoms. The van der Waals surface area contributed by atoms with Crippen LogP contribution in [0, 0.1) is 12.8 Å². The van der Waals surface area contributed by atoms with Gasteiger partial charge in [-0.25, -0.2) is 4.98 Å². The van der Waals surface area contributed by atoms with E-state index in [1.54, 1.807) is 4.90 Å². The Labute approximate surface area is 141 Å². The van der Waals surface area contributed by atoms with E-state index in [4.69, 9.17) is 0 Å². The first kappa shape index (κ1) is 16.4. The van der Waals surface area contributed by atoms with Crippen LogP contribution in [-0.4, -0.2) is 33.9 Å². The Morgan fingerprint density at radius 3 is 3.00 bits per heavy atom. The maximum absolute atomic E-state index is 12.6. The van der Waals surface area contributed by atoms with Crippen molar-refractivity contribution < 1.29 is 4.79 Å². The lowest BCUT2D eigenvalue weighted by atomic mass is 9.90. The van der Waals surface area contributed by atoms with Gasteiger partial charge in [0.05, 0.1) is 6.33 Å². The standard InChI is InChI=1S/C19H23N3O2/c1-14-5-2-3-7-16(14)9-8-15-6-4-10-22(12-15)19(24)17-11-20-13-21-18(17)23/h2-3,5,7,11,13,15H,4,6,8-10,12H2,1H3,(H,20,21,23)/t15-/m0/s1. The fourth-order valence-corrected chi connectivity index (χ4v) is 3.40. The molecule has 1 atom stereocenters. The molecule has 5 nitrogen and oxygen atoms in total. The molecule has 1 fully saturated rings. The molecular weight excluding hydrogens is 302 g/mol. The van der Waals surface area contributed by atoms with E-state index >= 15 is 0 Å². The Hall–Kier alpha value is -2.43. The minimum atomic E-state index is -0.364. The van der Waals surface area contributed by atoms with Gasteiger partial charge in [0.15, 0.2) is 0 Å². The average molecular weight is 325 g/mol. The third-order valence-corrected chi connectivity index (χ3v) is 4.84. The predicted octanol–water partition coefficient (Wildman–Crippen LogP) is 2.56. The maximum Gasteiger partial charge on any atom is 0.263 e. The number of H-pyrrole nitrogens is 1. The van der Waals surface area contributed by atoms with Crippen LogP contribution < -0.4 is 5.56 Å². The Morgan fingerprint density at radius 1 is 1.38 bits per heavy atom. The molecule has 2 heterocycles. The van der Waals surface area contributed by atoms with Crippen molar-refractivity contribution in [1.82, 2.24) is 14.9 Å². The molecule has 0 radical (unpaired) electrons. The van der Waals surface area contributed by atoms with E-state index in [-0.39, 0.29) is 17.0 Å². The third kappa shape index (κ3) is 3.72. The minimum absolute atomic E-state index is 0.136. The van der Waals surface area contributed by atoms with Gasteiger partial charge in [0, 0.05) is 19.3 Å². The molecule has 1 N–H and O–H groups in total. The molecule has 3 rings (SSSR count). The summed E-state index contributed by atoms with van der Waals surface area (Å²) in [6, 6.07) is 8.45. The van der Waals surface area contributed by atoms with Crippen LogP contribution in [0.2, 0.25) is 0 Å². The highest BCUT2D eigenvalue weighted by Crippen LogP contribution is 2.23. The van der Waals surface area contributed by atoms with Crippen LogP contribution in [0.3, 0.4) is 0 Å². The summed E-state index contributed by atoms with van der Waals surface area (Å²) in [6.07, 6.45) is 6.89. The third-order valence-electron chi connectivity index (χ3n) is 4.84. The summed E-state index contributed by atoms with van der Waals surface area (Å²) in [7, 11) is 0. The monoisotopic (exact) mass is 325 g/mol. The number of hydrogen-bond acceptors (Lipinski definition) is 3. The summed E-state index contributed by atoms with van der Waals surface area (Å²) in [5, 5.41) is 0. The summed E-state index contributed by atoms with van der Waals surface area (Å²) in [6.45, 7) is 3.58. The second-order valence-corrected chi connectivity index (χ2v) is 6.52. The molecule has 0 bridgehead atoms. The number of carbonyl (C=O) groups excluding carboxylic acids is 1. The van der Waals surface area contributed by atoms with E-state index in [9.17, 15) is 9.59 Å². The van der Waals surface area contributed by atoms with Gasteiger partial charge in [-0.2, -0.15) is 0 Å². The van der Waals surface area contributed by atoms with Gasteiger partial charge in [-0.15, -0.1) is 0 Å². The number of hydrogen-bond donors (Lipinski definition) is 1. The average Bonchev–Trinajstić information content (AvgIpc) is 2.61. The van der Waals surface area contributed by atoms with Gasteiger partial charge in [-0.05, 0) is 49.7 Å². The number of rotatable bonds is 4. The van der Waals surface area contributed by atoms with Crippen molar-refractivity contribution in [2.24, 2.45) is 5.92 Å². The maximum atomic E-state index is 12.6. The molecule has 1 aromatic heterocycles. The van der Waals surface area contributed by atoms with Gasteiger partial charge >= 0.3 is 0 Å². The van der Waals surface area contributed by atoms with Gasteiger partial charge in [0.2, 0.25) is 0 Å². The van der Waals surface area contributed by atoms with Crippen LogP contribution in [0.1, 0.15) is 40.7 Å². The lowest BCUT2D eigenvalue weighted by Crippen LogP contribution is -2.42. The predicted molar refractivity (Wildman–Crippen MR) is 93.0 cm³/mol. The van der Waals surface area contributed by atoms with E-state index in [1.165, 1.54) is 23.7 Å². The second kappa shape index (κ2) is 7.43. The van der Waals surface area contributed by atoms with Crippen molar-refractivity contribution in [3.05, 3.63) is 63.8 Å². The summed E-state index contributed by atoms with van der Waals surface area (Å²) >= 11 is 0. The molecule has 0 saturated carbocycles. The molecule has 0 aliphatic carbocycles. The van der Waals surface area contributed by atoms with Crippen molar-refractivity contribution in [3.8, 4) is 0 Å². The number of piperidine rings is 1. The zero-order valence-electron chi connectivity index (χ0n) is 14.0. The summed E-state index contributed by atoms with van der Waals surface area (Å²) in [5.41, 5.74) is 2.47. The number of aromatic nitrogens is 2. The van der Waals surface area contributed by atoms with E-state index in [0.29, 0.717) is 12.5 Å². The number of likely N-dealkylation sites (tertiary alicyclic amines) is 1. The largest absolute Gasteiger partial charge is 0.338 e. The SMILES string of the molecule is Cc1ccccc1CC[C@@H]1CCCN(C(=O)c2cnc[nH]c2=O)C1. The summed E-state index contributed by atoms with van der Waals surface area (Å²) < 4.78 is 0. The zero-order chi connectivity index (χ0) is 16.9. The molecule has 126 valence electrons. The molecule has 1 saturated heterocycles. The Balaban J connectivity index is 1.62. The van der Waals surface area contributed by atoms with Gasteiger partial charge in [-0.3, -0.25) is 9.59 Å². The summed E-state index contributed by atoms with van der Waals surface area (Å²) in [5.74, 6) is 0.281. The molecule has 1 aliphatic heterocycles. The lowest BCUT2D eigenvalue weighted by Gasteiger charge is -2.32. The number of aromatic amines is 1. The first-order chi connectivity index (χ1) is 11.6. The van der Waals surface area contributed by atoms with Gasteiger partial charge < -0.3 is 9.88 Å². The highest BCUT2D eigenvalue weighted by molar-refractivity contribution is 5.93. The van der Waals surface area contributed by atoms with Gasteiger partial charge in [0.25, 0.3) is 11.5 Å². The fourth-order valence-electron chi connectivity index (χ4n) is 3.40. The van der Waals surface area contributed by atoms with Crippen LogP contribution in [0.15, 0.2) is 41.6 Å². The van der Waals surface area contributed by atoms with Crippen LogP contribution >= 0.6 is 0 Å². The second-order valence-electron chi connectivity index (χ2n) is 6.52. The normalized spacial score (nSPS) is 17.7. The topological polar surface area (TPSA) is 66.1 Å². The van der Waals surface area contributed by atoms with Crippen molar-refractivity contribution in [1.29, 1.82) is 0 Å². The van der Waals surface area contributed by atoms with Crippen molar-refractivity contribution >= 4 is 5.91 Å². The van der Waals surface area contributed by atoms with Gasteiger partial charge in [-0.1, -0.05) is 24.3 Å². The van der Waals surface area contributed by atoms with E-state index in [1.807, 2.05) is 0 Å². The van der Waals surface area contributed by atoms with Crippen molar-refractivity contribution in [3.63, 3.8) is 0 Å². The lowest BCUT2D eigenvalue weighted by molar-refractivity contribution is 0.0666. The first-order valence-electron chi connectivity index (χ1n) is 8.51. The van der Waals surface area contributed by atoms with E-state index < -0.39 is 0 Å². The van der Waals surface area contributed by atoms with Crippen LogP contribution in [-0.2, 0) is 6.42 Å². The quantitative estimate of drug-likeness (QED) is 0.939. The smallest absolute Gasteiger partial charge is 0.263 e. The van der Waals surface area contributed by atoms with Crippen LogP contribution in [0.25, 0.3) is 0 Å². The van der Waals surface area contributed by atoms with E-state index in [2.05, 4.69) is 41.2 Å². The minimum Gasteiger partial charge on any atom is -0.338 e. The number of nitrogens with one attached hydrogen (secondary N) is 1. The highest BCUT2D eigenvalue weighted by atomic mass is 16.2. The van der Waals surface area contributed by atoms with E-state index in [0.717, 1.165) is 32.2 Å². The molecule has 1 aliphatic rings. The molecule has 0 unspecified atom stereocenters. The molecule has 0 spiro atoms. The Morgan fingerprint density at radius 2 is 2.21 bits per heavy atom. The molecule has 1 aromatic carbocycles. The summed E-state index contributed by atoms with van der Waals surface area (Å²) in [4.78, 5) is 32.5. The first-order valence-corrected chi connectivity index (χ1v) is 8.51. The Kier molecular flexibility index (Phi) is 5.08. The number of aryl methyl sites for hydroxylation is 2. The van der Waals surface area contributed by atoms with Gasteiger partial charge in [0.1, 0.15) is 5.56 Å². The number of benzene rings is 1. The van der Waals surface area contributed by atoms with Crippen molar-refractivity contribution in [2.45, 2.75) is 32.6 Å². The highest BCUT2D eigenvalue weighted by Gasteiger charge is 2.25.